The van der Waals surface area contributed by atoms with Crippen LogP contribution < -0.4 is 4.72 Å². The summed E-state index contributed by atoms with van der Waals surface area (Å²) in [5.74, 6) is 0.533. The third-order valence-corrected chi connectivity index (χ3v) is 3.66. The average Bonchev–Trinajstić information content (AvgIpc) is 2.60. The molecule has 7 heteroatoms. The first kappa shape index (κ1) is 15.1. The number of sulfonamides is 1. The van der Waals surface area contributed by atoms with Gasteiger partial charge in [0.2, 0.25) is 0 Å². The Labute approximate surface area is 108 Å². The molecule has 18 heavy (non-hydrogen) atoms. The van der Waals surface area contributed by atoms with Gasteiger partial charge in [-0.05, 0) is 18.8 Å². The molecular formula is C11H21N3O3S. The molecule has 0 saturated carbocycles. The highest BCUT2D eigenvalue weighted by Gasteiger charge is 2.21. The van der Waals surface area contributed by atoms with Crippen LogP contribution in [-0.2, 0) is 10.0 Å². The highest BCUT2D eigenvalue weighted by molar-refractivity contribution is 7.89. The summed E-state index contributed by atoms with van der Waals surface area (Å²) >= 11 is 0. The Morgan fingerprint density at radius 1 is 1.50 bits per heavy atom. The molecule has 6 nitrogen and oxygen atoms in total. The lowest BCUT2D eigenvalue weighted by Gasteiger charge is -2.22. The maximum atomic E-state index is 11.8. The number of H-pyrrole nitrogens is 1. The van der Waals surface area contributed by atoms with Crippen molar-refractivity contribution in [3.05, 3.63) is 12.0 Å². The smallest absolute Gasteiger partial charge is 0.257 e. The molecular weight excluding hydrogens is 254 g/mol. The summed E-state index contributed by atoms with van der Waals surface area (Å²) < 4.78 is 26.0. The van der Waals surface area contributed by atoms with Gasteiger partial charge in [0.05, 0.1) is 12.3 Å². The molecule has 3 N–H and O–H groups in total. The van der Waals surface area contributed by atoms with Gasteiger partial charge in [0.1, 0.15) is 5.82 Å². The fraction of sp³-hybridized carbons (Fsp3) is 0.727. The Balaban J connectivity index is 2.58. The zero-order chi connectivity index (χ0) is 14.0. The van der Waals surface area contributed by atoms with Crippen molar-refractivity contribution in [1.29, 1.82) is 0 Å². The summed E-state index contributed by atoms with van der Waals surface area (Å²) in [7, 11) is -3.62. The lowest BCUT2D eigenvalue weighted by atomic mass is 9.89. The standard InChI is InChI=1S/C11H21N3O3S/c1-8-12-7-10(14-8)18(16,17)13-6-9(15)5-11(2,3)4/h7,9,13,15H,5-6H2,1-4H3,(H,12,14). The number of aliphatic hydroxyl groups excluding tert-OH is 1. The molecule has 0 saturated heterocycles. The topological polar surface area (TPSA) is 95.1 Å². The molecule has 1 rings (SSSR count). The average molecular weight is 275 g/mol. The zero-order valence-electron chi connectivity index (χ0n) is 11.2. The van der Waals surface area contributed by atoms with Crippen LogP contribution in [0.15, 0.2) is 11.2 Å². The molecule has 1 aromatic heterocycles. The minimum absolute atomic E-state index is 0.00231. The quantitative estimate of drug-likeness (QED) is 0.740. The molecule has 0 aliphatic heterocycles. The van der Waals surface area contributed by atoms with Gasteiger partial charge >= 0.3 is 0 Å². The van der Waals surface area contributed by atoms with Crippen molar-refractivity contribution in [2.45, 2.75) is 45.2 Å². The van der Waals surface area contributed by atoms with E-state index < -0.39 is 16.1 Å². The number of aromatic amines is 1. The number of aromatic nitrogens is 2. The van der Waals surface area contributed by atoms with Crippen molar-refractivity contribution in [2.75, 3.05) is 6.54 Å². The summed E-state index contributed by atoms with van der Waals surface area (Å²) in [6.07, 6.45) is 1.08. The van der Waals surface area contributed by atoms with E-state index in [1.807, 2.05) is 20.8 Å². The first-order valence-corrected chi connectivity index (χ1v) is 7.28. The van der Waals surface area contributed by atoms with E-state index in [1.54, 1.807) is 6.92 Å². The van der Waals surface area contributed by atoms with Gasteiger partial charge < -0.3 is 10.1 Å². The third-order valence-electron chi connectivity index (χ3n) is 2.33. The van der Waals surface area contributed by atoms with Crippen molar-refractivity contribution >= 4 is 10.0 Å². The molecule has 1 unspecified atom stereocenters. The van der Waals surface area contributed by atoms with Gasteiger partial charge in [0.25, 0.3) is 10.0 Å². The van der Waals surface area contributed by atoms with Crippen LogP contribution in [0.25, 0.3) is 0 Å². The van der Waals surface area contributed by atoms with E-state index in [9.17, 15) is 13.5 Å². The molecule has 0 spiro atoms. The monoisotopic (exact) mass is 275 g/mol. The van der Waals surface area contributed by atoms with Crippen LogP contribution >= 0.6 is 0 Å². The van der Waals surface area contributed by atoms with Crippen molar-refractivity contribution in [2.24, 2.45) is 5.41 Å². The molecule has 0 aliphatic rings. The SMILES string of the molecule is Cc1ncc(S(=O)(=O)NCC(O)CC(C)(C)C)[nH]1. The van der Waals surface area contributed by atoms with Gasteiger partial charge in [-0.3, -0.25) is 0 Å². The number of nitrogens with one attached hydrogen (secondary N) is 2. The van der Waals surface area contributed by atoms with Gasteiger partial charge in [-0.25, -0.2) is 18.1 Å². The maximum absolute atomic E-state index is 11.8. The van der Waals surface area contributed by atoms with Crippen LogP contribution in [0.4, 0.5) is 0 Å². The van der Waals surface area contributed by atoms with Crippen molar-refractivity contribution in [3.8, 4) is 0 Å². The number of hydrogen-bond acceptors (Lipinski definition) is 4. The highest BCUT2D eigenvalue weighted by Crippen LogP contribution is 2.20. The predicted octanol–water partition coefficient (Wildman–Crippen LogP) is 0.794. The second-order valence-corrected chi connectivity index (χ2v) is 7.34. The number of aliphatic hydroxyl groups is 1. The van der Waals surface area contributed by atoms with Crippen LogP contribution in [0.3, 0.4) is 0 Å². The summed E-state index contributed by atoms with van der Waals surface area (Å²) in [6, 6.07) is 0. The van der Waals surface area contributed by atoms with Crippen molar-refractivity contribution in [1.82, 2.24) is 14.7 Å². The molecule has 1 aromatic rings. The maximum Gasteiger partial charge on any atom is 0.257 e. The Kier molecular flexibility index (Phi) is 4.52. The third kappa shape index (κ3) is 4.75. The Morgan fingerprint density at radius 2 is 2.11 bits per heavy atom. The number of rotatable bonds is 5. The molecule has 0 aromatic carbocycles. The molecule has 0 fully saturated rings. The van der Waals surface area contributed by atoms with E-state index in [4.69, 9.17) is 0 Å². The van der Waals surface area contributed by atoms with Crippen LogP contribution in [0.1, 0.15) is 33.0 Å². The minimum Gasteiger partial charge on any atom is -0.392 e. The largest absolute Gasteiger partial charge is 0.392 e. The lowest BCUT2D eigenvalue weighted by Crippen LogP contribution is -2.34. The van der Waals surface area contributed by atoms with E-state index in [0.717, 1.165) is 0 Å². The first-order valence-electron chi connectivity index (χ1n) is 5.79. The van der Waals surface area contributed by atoms with Gasteiger partial charge in [0.15, 0.2) is 5.03 Å². The van der Waals surface area contributed by atoms with Crippen LogP contribution in [0.2, 0.25) is 0 Å². The molecule has 0 radical (unpaired) electrons. The van der Waals surface area contributed by atoms with Crippen molar-refractivity contribution in [3.63, 3.8) is 0 Å². The second kappa shape index (κ2) is 5.38. The Hall–Kier alpha value is -0.920. The van der Waals surface area contributed by atoms with E-state index >= 15 is 0 Å². The highest BCUT2D eigenvalue weighted by atomic mass is 32.2. The minimum atomic E-state index is -3.62. The number of imidazole rings is 1. The predicted molar refractivity (Wildman–Crippen MR) is 68.6 cm³/mol. The fourth-order valence-corrected chi connectivity index (χ4v) is 2.64. The van der Waals surface area contributed by atoms with Crippen LogP contribution in [-0.4, -0.2) is 36.1 Å². The van der Waals surface area contributed by atoms with E-state index in [-0.39, 0.29) is 17.0 Å². The summed E-state index contributed by atoms with van der Waals surface area (Å²) in [4.78, 5) is 6.48. The first-order chi connectivity index (χ1) is 8.10. The van der Waals surface area contributed by atoms with Crippen molar-refractivity contribution < 1.29 is 13.5 Å². The van der Waals surface area contributed by atoms with Crippen LogP contribution in [0.5, 0.6) is 0 Å². The Morgan fingerprint density at radius 3 is 2.56 bits per heavy atom. The second-order valence-electron chi connectivity index (χ2n) is 5.60. The molecule has 0 amide bonds. The molecule has 1 atom stereocenters. The van der Waals surface area contributed by atoms with E-state index in [0.29, 0.717) is 12.2 Å². The van der Waals surface area contributed by atoms with Crippen LogP contribution in [0, 0.1) is 12.3 Å². The summed E-state index contributed by atoms with van der Waals surface area (Å²) in [5.41, 5.74) is -0.0462. The molecule has 0 aliphatic carbocycles. The number of hydrogen-bond donors (Lipinski definition) is 3. The normalized spacial score (nSPS) is 14.7. The molecule has 0 bridgehead atoms. The van der Waals surface area contributed by atoms with E-state index in [2.05, 4.69) is 14.7 Å². The molecule has 104 valence electrons. The summed E-state index contributed by atoms with van der Waals surface area (Å²) in [5, 5.41) is 9.76. The van der Waals surface area contributed by atoms with Gasteiger partial charge in [-0.1, -0.05) is 20.8 Å². The van der Waals surface area contributed by atoms with Gasteiger partial charge in [0, 0.05) is 6.54 Å². The van der Waals surface area contributed by atoms with E-state index in [1.165, 1.54) is 6.20 Å². The lowest BCUT2D eigenvalue weighted by molar-refractivity contribution is 0.125. The summed E-state index contributed by atoms with van der Waals surface area (Å²) in [6.45, 7) is 7.64. The molecule has 1 heterocycles. The van der Waals surface area contributed by atoms with Gasteiger partial charge in [-0.2, -0.15) is 0 Å². The fourth-order valence-electron chi connectivity index (χ4n) is 1.60. The number of nitrogens with zero attached hydrogens (tertiary/aromatic N) is 1. The Bertz CT molecular complexity index is 488. The number of aryl methyl sites for hydroxylation is 1. The zero-order valence-corrected chi connectivity index (χ0v) is 12.0. The van der Waals surface area contributed by atoms with Gasteiger partial charge in [-0.15, -0.1) is 0 Å².